The van der Waals surface area contributed by atoms with Gasteiger partial charge in [0.15, 0.2) is 0 Å². The van der Waals surface area contributed by atoms with Gasteiger partial charge in [-0.05, 0) is 46.9 Å². The minimum atomic E-state index is 0.0687. The predicted octanol–water partition coefficient (Wildman–Crippen LogP) is 1.99. The number of carbonyl (C=O) groups is 1. The summed E-state index contributed by atoms with van der Waals surface area (Å²) in [7, 11) is 7.96. The van der Waals surface area contributed by atoms with Gasteiger partial charge in [0.25, 0.3) is 5.91 Å². The molecule has 26 heavy (non-hydrogen) atoms. The molecule has 142 valence electrons. The maximum Gasteiger partial charge on any atom is 0.272 e. The molecule has 1 amide bonds. The first-order chi connectivity index (χ1) is 12.3. The molecular weight excluding hydrogens is 328 g/mol. The van der Waals surface area contributed by atoms with Gasteiger partial charge >= 0.3 is 0 Å². The van der Waals surface area contributed by atoms with Gasteiger partial charge in [0.05, 0.1) is 11.4 Å². The molecule has 0 saturated carbocycles. The average Bonchev–Trinajstić information content (AvgIpc) is 2.94. The van der Waals surface area contributed by atoms with Crippen LogP contribution in [0.25, 0.3) is 11.3 Å². The Kier molecular flexibility index (Phi) is 5.18. The van der Waals surface area contributed by atoms with E-state index >= 15 is 0 Å². The van der Waals surface area contributed by atoms with Crippen molar-refractivity contribution in [2.45, 2.75) is 39.2 Å². The molecule has 1 atom stereocenters. The summed E-state index contributed by atoms with van der Waals surface area (Å²) in [5.74, 6) is 0.0687. The van der Waals surface area contributed by atoms with Crippen LogP contribution in [-0.2, 0) is 14.1 Å². The Hall–Kier alpha value is -2.15. The summed E-state index contributed by atoms with van der Waals surface area (Å²) in [6.07, 6.45) is 3.36. The zero-order valence-electron chi connectivity index (χ0n) is 16.8. The third-order valence-electron chi connectivity index (χ3n) is 5.53. The maximum absolute atomic E-state index is 13.2. The van der Waals surface area contributed by atoms with Crippen molar-refractivity contribution in [1.29, 1.82) is 0 Å². The van der Waals surface area contributed by atoms with Crippen molar-refractivity contribution in [2.24, 2.45) is 14.1 Å². The average molecular weight is 358 g/mol. The molecule has 3 rings (SSSR count). The lowest BCUT2D eigenvalue weighted by molar-refractivity contribution is 0.0714. The summed E-state index contributed by atoms with van der Waals surface area (Å²) in [4.78, 5) is 17.4. The third-order valence-corrected chi connectivity index (χ3v) is 5.53. The smallest absolute Gasteiger partial charge is 0.272 e. The summed E-state index contributed by atoms with van der Waals surface area (Å²) < 4.78 is 3.57. The molecule has 2 aromatic rings. The molecule has 2 aromatic heterocycles. The van der Waals surface area contributed by atoms with Gasteiger partial charge in [0.2, 0.25) is 0 Å². The van der Waals surface area contributed by atoms with Gasteiger partial charge in [-0.3, -0.25) is 14.2 Å². The zero-order chi connectivity index (χ0) is 19.0. The van der Waals surface area contributed by atoms with E-state index in [0.29, 0.717) is 11.7 Å². The number of carbonyl (C=O) groups excluding carboxylic acids is 1. The van der Waals surface area contributed by atoms with Crippen LogP contribution in [0.2, 0.25) is 0 Å². The molecule has 1 fully saturated rings. The lowest BCUT2D eigenvalue weighted by atomic mass is 10.1. The molecule has 0 radical (unpaired) electrons. The van der Waals surface area contributed by atoms with E-state index in [1.807, 2.05) is 43.6 Å². The highest BCUT2D eigenvalue weighted by molar-refractivity contribution is 5.94. The van der Waals surface area contributed by atoms with E-state index in [1.165, 1.54) is 0 Å². The number of hydrogen-bond acceptors (Lipinski definition) is 4. The lowest BCUT2D eigenvalue weighted by Crippen LogP contribution is -2.42. The second-order valence-electron chi connectivity index (χ2n) is 7.57. The van der Waals surface area contributed by atoms with Crippen molar-refractivity contribution in [3.8, 4) is 11.3 Å². The highest BCUT2D eigenvalue weighted by Gasteiger charge is 2.27. The van der Waals surface area contributed by atoms with Crippen LogP contribution >= 0.6 is 0 Å². The van der Waals surface area contributed by atoms with E-state index < -0.39 is 0 Å². The summed E-state index contributed by atoms with van der Waals surface area (Å²) in [5, 5.41) is 9.08. The molecule has 1 saturated heterocycles. The van der Waals surface area contributed by atoms with Gasteiger partial charge < -0.3 is 9.80 Å². The summed E-state index contributed by atoms with van der Waals surface area (Å²) in [5.41, 5.74) is 4.47. The highest BCUT2D eigenvalue weighted by Crippen LogP contribution is 2.26. The Bertz CT molecular complexity index is 803. The Morgan fingerprint density at radius 3 is 2.50 bits per heavy atom. The molecule has 3 heterocycles. The van der Waals surface area contributed by atoms with E-state index in [-0.39, 0.29) is 5.91 Å². The molecule has 1 aliphatic heterocycles. The van der Waals surface area contributed by atoms with Gasteiger partial charge in [0.1, 0.15) is 5.69 Å². The molecule has 0 unspecified atom stereocenters. The first-order valence-corrected chi connectivity index (χ1v) is 9.30. The first kappa shape index (κ1) is 18.6. The Balaban J connectivity index is 1.90. The maximum atomic E-state index is 13.2. The van der Waals surface area contributed by atoms with Crippen LogP contribution in [0.1, 0.15) is 41.1 Å². The zero-order valence-corrected chi connectivity index (χ0v) is 16.8. The number of likely N-dealkylation sites (N-methyl/N-ethyl adjacent to an activating group) is 1. The fourth-order valence-corrected chi connectivity index (χ4v) is 3.82. The van der Waals surface area contributed by atoms with Gasteiger partial charge in [0, 0.05) is 44.5 Å². The number of rotatable bonds is 3. The first-order valence-electron chi connectivity index (χ1n) is 9.30. The molecule has 7 heteroatoms. The standard InChI is InChI=1S/C19H30N6O/c1-13-18(14(2)23(5)20-13)16-11-17(24(6)21-16)19(26)25-10-8-7-9-15(12-25)22(3)4/h11,15H,7-10,12H2,1-6H3/t15-/m0/s1. The summed E-state index contributed by atoms with van der Waals surface area (Å²) in [6, 6.07) is 2.33. The Morgan fingerprint density at radius 1 is 1.15 bits per heavy atom. The lowest BCUT2D eigenvalue weighted by Gasteiger charge is -2.28. The van der Waals surface area contributed by atoms with Gasteiger partial charge in [-0.15, -0.1) is 0 Å². The second kappa shape index (κ2) is 7.23. The highest BCUT2D eigenvalue weighted by atomic mass is 16.2. The predicted molar refractivity (Wildman–Crippen MR) is 102 cm³/mol. The summed E-state index contributed by atoms with van der Waals surface area (Å²) >= 11 is 0. The van der Waals surface area contributed by atoms with Gasteiger partial charge in [-0.1, -0.05) is 6.42 Å². The Labute approximate surface area is 155 Å². The number of aromatic nitrogens is 4. The fraction of sp³-hybridized carbons (Fsp3) is 0.632. The van der Waals surface area contributed by atoms with E-state index in [4.69, 9.17) is 0 Å². The molecule has 0 bridgehead atoms. The molecule has 1 aliphatic rings. The molecule has 0 N–H and O–H groups in total. The van der Waals surface area contributed by atoms with E-state index in [0.717, 1.165) is 55.0 Å². The molecule has 0 spiro atoms. The molecule has 0 aliphatic carbocycles. The van der Waals surface area contributed by atoms with Crippen LogP contribution in [0.15, 0.2) is 6.07 Å². The van der Waals surface area contributed by atoms with Crippen molar-refractivity contribution in [2.75, 3.05) is 27.2 Å². The van der Waals surface area contributed by atoms with Crippen molar-refractivity contribution >= 4 is 5.91 Å². The van der Waals surface area contributed by atoms with E-state index in [1.54, 1.807) is 4.68 Å². The van der Waals surface area contributed by atoms with Gasteiger partial charge in [-0.2, -0.15) is 10.2 Å². The molecule has 0 aromatic carbocycles. The third kappa shape index (κ3) is 3.40. The number of hydrogen-bond donors (Lipinski definition) is 0. The molecule has 7 nitrogen and oxygen atoms in total. The minimum Gasteiger partial charge on any atom is -0.336 e. The minimum absolute atomic E-state index is 0.0687. The van der Waals surface area contributed by atoms with E-state index in [2.05, 4.69) is 29.2 Å². The van der Waals surface area contributed by atoms with Crippen LogP contribution in [0.5, 0.6) is 0 Å². The van der Waals surface area contributed by atoms with Crippen LogP contribution < -0.4 is 0 Å². The van der Waals surface area contributed by atoms with Crippen molar-refractivity contribution in [3.05, 3.63) is 23.1 Å². The topological polar surface area (TPSA) is 59.2 Å². The molecular formula is C19H30N6O. The van der Waals surface area contributed by atoms with Crippen LogP contribution in [0.4, 0.5) is 0 Å². The van der Waals surface area contributed by atoms with Crippen LogP contribution in [0.3, 0.4) is 0 Å². The van der Waals surface area contributed by atoms with Crippen molar-refractivity contribution < 1.29 is 4.79 Å². The van der Waals surface area contributed by atoms with Crippen molar-refractivity contribution in [1.82, 2.24) is 29.4 Å². The SMILES string of the molecule is Cc1nn(C)c(C)c1-c1cc(C(=O)N2CCCC[C@H](N(C)C)C2)n(C)n1. The largest absolute Gasteiger partial charge is 0.336 e. The van der Waals surface area contributed by atoms with E-state index in [9.17, 15) is 4.79 Å². The van der Waals surface area contributed by atoms with Crippen LogP contribution in [-0.4, -0.2) is 68.5 Å². The van der Waals surface area contributed by atoms with Crippen LogP contribution in [0, 0.1) is 13.8 Å². The Morgan fingerprint density at radius 2 is 1.88 bits per heavy atom. The van der Waals surface area contributed by atoms with Crippen molar-refractivity contribution in [3.63, 3.8) is 0 Å². The number of aryl methyl sites for hydroxylation is 3. The quantitative estimate of drug-likeness (QED) is 0.842. The van der Waals surface area contributed by atoms with Gasteiger partial charge in [-0.25, -0.2) is 0 Å². The normalized spacial score (nSPS) is 18.4. The number of likely N-dealkylation sites (tertiary alicyclic amines) is 1. The monoisotopic (exact) mass is 358 g/mol. The summed E-state index contributed by atoms with van der Waals surface area (Å²) in [6.45, 7) is 5.60. The second-order valence-corrected chi connectivity index (χ2v) is 7.57. The fourth-order valence-electron chi connectivity index (χ4n) is 3.82. The number of amides is 1. The number of nitrogens with zero attached hydrogens (tertiary/aromatic N) is 6.